The molecule has 0 saturated carbocycles. The maximum absolute atomic E-state index is 5.76. The van der Waals surface area contributed by atoms with Gasteiger partial charge in [-0.1, -0.05) is 261 Å². The smallest absolute Gasteiger partial charge is 0.235 e. The van der Waals surface area contributed by atoms with Gasteiger partial charge in [0.1, 0.15) is 0 Å². The summed E-state index contributed by atoms with van der Waals surface area (Å²) >= 11 is 0. The summed E-state index contributed by atoms with van der Waals surface area (Å²) in [6, 6.07) is 132. The maximum Gasteiger partial charge on any atom is 0.235 e. The van der Waals surface area contributed by atoms with Crippen molar-refractivity contribution in [3.05, 3.63) is 364 Å². The Labute approximate surface area is 577 Å². The van der Waals surface area contributed by atoms with Gasteiger partial charge in [-0.15, -0.1) is 0 Å². The Kier molecular flexibility index (Phi) is 13.2. The van der Waals surface area contributed by atoms with E-state index in [2.05, 4.69) is 382 Å². The Morgan fingerprint density at radius 2 is 0.460 bits per heavy atom. The Hall–Kier alpha value is -13.4. The Balaban J connectivity index is 0.770. The minimum atomic E-state index is 0.578. The van der Waals surface area contributed by atoms with E-state index in [1.807, 2.05) is 0 Å². The van der Waals surface area contributed by atoms with Crippen LogP contribution in [0, 0.1) is 0 Å². The lowest BCUT2D eigenvalue weighted by Crippen LogP contribution is -2.04. The lowest BCUT2D eigenvalue weighted by atomic mass is 9.90. The van der Waals surface area contributed by atoms with Crippen LogP contribution >= 0.6 is 0 Å². The quantitative estimate of drug-likeness (QED) is 0.130. The highest BCUT2D eigenvalue weighted by Gasteiger charge is 2.23. The molecule has 6 heteroatoms. The van der Waals surface area contributed by atoms with Crippen LogP contribution in [0.2, 0.25) is 0 Å². The minimum Gasteiger partial charge on any atom is -0.309 e. The first kappa shape index (κ1) is 56.9. The standard InChI is InChI=1S/C94H60N6/c1-5-23-61(24-6-1)74-48-43-64(55-83(74)62-25-7-2-8-26-62)63-27-21-28-69(53-63)84-60-85(96-94(95-84)100-89-42-20-16-38-78(89)82-52-47-68(59-93(82)100)66-45-50-80-76-36-14-18-40-87(76)98(91(80)57-66)72-32-11-4-12-33-72)70-29-22-34-73(54-70)99-88-41-19-15-37-77(88)81-51-46-67(58-92(81)99)65-44-49-79-75-35-13-17-39-86(75)97(90(79)56-65)71-30-9-3-10-31-71/h1-60H. The van der Waals surface area contributed by atoms with Crippen LogP contribution in [0.3, 0.4) is 0 Å². The van der Waals surface area contributed by atoms with Gasteiger partial charge in [-0.2, -0.15) is 0 Å². The molecule has 0 aliphatic carbocycles. The van der Waals surface area contributed by atoms with Crippen molar-refractivity contribution in [2.24, 2.45) is 0 Å². The lowest BCUT2D eigenvalue weighted by Gasteiger charge is -2.15. The molecule has 15 aromatic carbocycles. The zero-order chi connectivity index (χ0) is 65.8. The molecule has 466 valence electrons. The van der Waals surface area contributed by atoms with E-state index in [1.165, 1.54) is 71.1 Å². The van der Waals surface area contributed by atoms with Gasteiger partial charge in [-0.25, -0.2) is 9.97 Å². The molecule has 0 spiro atoms. The van der Waals surface area contributed by atoms with E-state index < -0.39 is 0 Å². The number of para-hydroxylation sites is 6. The molecule has 0 radical (unpaired) electrons. The molecular weight excluding hydrogens is 1210 g/mol. The van der Waals surface area contributed by atoms with Crippen molar-refractivity contribution in [1.29, 1.82) is 0 Å². The van der Waals surface area contributed by atoms with E-state index in [-0.39, 0.29) is 0 Å². The minimum absolute atomic E-state index is 0.578. The molecule has 0 saturated heterocycles. The predicted octanol–water partition coefficient (Wildman–Crippen LogP) is 24.5. The van der Waals surface area contributed by atoms with Crippen LogP contribution < -0.4 is 0 Å². The second-order valence-electron chi connectivity index (χ2n) is 26.1. The normalized spacial score (nSPS) is 11.8. The number of aromatic nitrogens is 6. The van der Waals surface area contributed by atoms with Gasteiger partial charge in [0.15, 0.2) is 0 Å². The van der Waals surface area contributed by atoms with E-state index in [0.717, 1.165) is 111 Å². The molecule has 6 nitrogen and oxygen atoms in total. The Bertz CT molecular complexity index is 6630. The number of nitrogens with zero attached hydrogens (tertiary/aromatic N) is 6. The van der Waals surface area contributed by atoms with Crippen LogP contribution in [0.4, 0.5) is 0 Å². The number of hydrogen-bond acceptors (Lipinski definition) is 2. The molecule has 0 aliphatic heterocycles. The maximum atomic E-state index is 5.76. The predicted molar refractivity (Wildman–Crippen MR) is 417 cm³/mol. The zero-order valence-electron chi connectivity index (χ0n) is 54.3. The van der Waals surface area contributed by atoms with E-state index in [4.69, 9.17) is 9.97 Å². The average molecular weight is 1270 g/mol. The largest absolute Gasteiger partial charge is 0.309 e. The first-order valence-corrected chi connectivity index (χ1v) is 34.2. The molecule has 100 heavy (non-hydrogen) atoms. The summed E-state index contributed by atoms with van der Waals surface area (Å²) in [7, 11) is 0. The SMILES string of the molecule is c1ccc(-c2ccc(-c3cccc(-c4cc(-c5cccc(-n6c7ccccc7c7ccc(-c8ccc9c%10ccccc%10n(-c%10ccccc%10)c9c8)cc76)c5)nc(-n5c6ccccc6c6ccc(-c7ccc8c9ccccc9n(-c9ccccc9)c8c7)cc65)n4)c3)cc2-c2ccccc2)cc1. The second kappa shape index (κ2) is 23.2. The monoisotopic (exact) mass is 1270 g/mol. The van der Waals surface area contributed by atoms with E-state index in [9.17, 15) is 0 Å². The van der Waals surface area contributed by atoms with Gasteiger partial charge in [-0.05, 0) is 159 Å². The van der Waals surface area contributed by atoms with Crippen molar-refractivity contribution < 1.29 is 0 Å². The summed E-state index contributed by atoms with van der Waals surface area (Å²) < 4.78 is 9.51. The molecule has 0 atom stereocenters. The van der Waals surface area contributed by atoms with Gasteiger partial charge in [0, 0.05) is 71.3 Å². The fraction of sp³-hybridized carbons (Fsp3) is 0. The van der Waals surface area contributed by atoms with E-state index in [1.54, 1.807) is 0 Å². The molecule has 0 aliphatic rings. The summed E-state index contributed by atoms with van der Waals surface area (Å²) in [4.78, 5) is 11.5. The van der Waals surface area contributed by atoms with Gasteiger partial charge < -0.3 is 13.7 Å². The molecule has 5 heterocycles. The van der Waals surface area contributed by atoms with Crippen molar-refractivity contribution in [3.63, 3.8) is 0 Å². The number of fused-ring (bicyclic) bond motifs is 12. The molecule has 0 unspecified atom stereocenters. The molecule has 0 fully saturated rings. The highest BCUT2D eigenvalue weighted by Crippen LogP contribution is 2.43. The summed E-state index contributed by atoms with van der Waals surface area (Å²) in [5.74, 6) is 0.578. The molecule has 20 rings (SSSR count). The molecule has 20 aromatic rings. The van der Waals surface area contributed by atoms with Crippen molar-refractivity contribution in [2.45, 2.75) is 0 Å². The van der Waals surface area contributed by atoms with Gasteiger partial charge >= 0.3 is 0 Å². The fourth-order valence-electron chi connectivity index (χ4n) is 15.7. The van der Waals surface area contributed by atoms with Crippen LogP contribution in [0.1, 0.15) is 0 Å². The third kappa shape index (κ3) is 9.34. The second-order valence-corrected chi connectivity index (χ2v) is 26.1. The average Bonchev–Trinajstić information content (AvgIpc) is 1.58. The Morgan fingerprint density at radius 3 is 0.920 bits per heavy atom. The highest BCUT2D eigenvalue weighted by molar-refractivity contribution is 6.14. The molecule has 0 amide bonds. The fourth-order valence-corrected chi connectivity index (χ4v) is 15.7. The van der Waals surface area contributed by atoms with Gasteiger partial charge in [0.2, 0.25) is 5.95 Å². The summed E-state index contributed by atoms with van der Waals surface area (Å²) in [5, 5.41) is 9.53. The molecular formula is C94H60N6. The van der Waals surface area contributed by atoms with Crippen molar-refractivity contribution in [3.8, 4) is 101 Å². The van der Waals surface area contributed by atoms with Gasteiger partial charge in [-0.3, -0.25) is 4.57 Å². The van der Waals surface area contributed by atoms with Gasteiger partial charge in [0.25, 0.3) is 0 Å². The molecule has 0 bridgehead atoms. The van der Waals surface area contributed by atoms with Crippen molar-refractivity contribution in [1.82, 2.24) is 28.2 Å². The molecule has 5 aromatic heterocycles. The zero-order valence-corrected chi connectivity index (χ0v) is 54.3. The number of benzene rings is 15. The first-order valence-electron chi connectivity index (χ1n) is 34.2. The van der Waals surface area contributed by atoms with Crippen LogP contribution in [0.5, 0.6) is 0 Å². The third-order valence-electron chi connectivity index (χ3n) is 20.4. The molecule has 0 N–H and O–H groups in total. The number of hydrogen-bond donors (Lipinski definition) is 0. The summed E-state index contributed by atoms with van der Waals surface area (Å²) in [6.45, 7) is 0. The highest BCUT2D eigenvalue weighted by atomic mass is 15.2. The summed E-state index contributed by atoms with van der Waals surface area (Å²) in [6.07, 6.45) is 0. The van der Waals surface area contributed by atoms with Crippen molar-refractivity contribution >= 4 is 87.2 Å². The third-order valence-corrected chi connectivity index (χ3v) is 20.4. The lowest BCUT2D eigenvalue weighted by molar-refractivity contribution is 0.995. The van der Waals surface area contributed by atoms with Crippen LogP contribution in [0.25, 0.3) is 188 Å². The van der Waals surface area contributed by atoms with Gasteiger partial charge in [0.05, 0.1) is 55.5 Å². The first-order chi connectivity index (χ1) is 49.6. The Morgan fingerprint density at radius 1 is 0.160 bits per heavy atom. The van der Waals surface area contributed by atoms with E-state index in [0.29, 0.717) is 5.95 Å². The van der Waals surface area contributed by atoms with Crippen molar-refractivity contribution in [2.75, 3.05) is 0 Å². The number of rotatable bonds is 11. The van der Waals surface area contributed by atoms with Crippen LogP contribution in [-0.4, -0.2) is 28.2 Å². The van der Waals surface area contributed by atoms with Crippen LogP contribution in [-0.2, 0) is 0 Å². The van der Waals surface area contributed by atoms with E-state index >= 15 is 0 Å². The summed E-state index contributed by atoms with van der Waals surface area (Å²) in [5.41, 5.74) is 27.2. The van der Waals surface area contributed by atoms with Crippen LogP contribution in [0.15, 0.2) is 364 Å². The topological polar surface area (TPSA) is 45.5 Å².